The molecule has 7 nitrogen and oxygen atoms in total. The van der Waals surface area contributed by atoms with E-state index in [0.29, 0.717) is 36.6 Å². The third kappa shape index (κ3) is 4.06. The van der Waals surface area contributed by atoms with Gasteiger partial charge in [-0.1, -0.05) is 13.0 Å². The number of hydrogen-bond donors (Lipinski definition) is 2. The van der Waals surface area contributed by atoms with E-state index in [1.807, 2.05) is 0 Å². The summed E-state index contributed by atoms with van der Waals surface area (Å²) in [5.41, 5.74) is 1.05. The molecule has 2 saturated heterocycles. The Labute approximate surface area is 210 Å². The van der Waals surface area contributed by atoms with Gasteiger partial charge in [-0.2, -0.15) is 0 Å². The zero-order chi connectivity index (χ0) is 25.2. The van der Waals surface area contributed by atoms with Crippen LogP contribution in [0.3, 0.4) is 0 Å². The molecule has 0 radical (unpaired) electrons. The van der Waals surface area contributed by atoms with E-state index in [4.69, 9.17) is 4.74 Å². The first-order chi connectivity index (χ1) is 17.2. The second-order valence-electron chi connectivity index (χ2n) is 10.7. The maximum atomic E-state index is 14.3. The number of rotatable bonds is 7. The molecule has 2 aromatic carbocycles. The fraction of sp³-hybridized carbons (Fsp3) is 0.519. The summed E-state index contributed by atoms with van der Waals surface area (Å²) in [5.74, 6) is -0.525. The Hall–Kier alpha value is -2.65. The molecule has 2 N–H and O–H groups in total. The van der Waals surface area contributed by atoms with Gasteiger partial charge < -0.3 is 9.84 Å². The number of carboxylic acids is 1. The topological polar surface area (TPSA) is 95.9 Å². The number of ether oxygens (including phenoxy) is 1. The molecule has 0 amide bonds. The van der Waals surface area contributed by atoms with Crippen LogP contribution in [0.4, 0.5) is 10.1 Å². The average Bonchev–Trinajstić information content (AvgIpc) is 3.57. The van der Waals surface area contributed by atoms with Crippen molar-refractivity contribution in [3.63, 3.8) is 0 Å². The van der Waals surface area contributed by atoms with Crippen LogP contribution < -0.4 is 9.46 Å². The molecule has 4 aliphatic rings. The Morgan fingerprint density at radius 1 is 1.17 bits per heavy atom. The van der Waals surface area contributed by atoms with Crippen LogP contribution in [0.1, 0.15) is 66.4 Å². The number of hydrogen-bond acceptors (Lipinski definition) is 5. The number of carboxylic acid groups (broad SMARTS) is 1. The molecule has 36 heavy (non-hydrogen) atoms. The van der Waals surface area contributed by atoms with Gasteiger partial charge in [-0.05, 0) is 92.3 Å². The second-order valence-corrected chi connectivity index (χ2v) is 12.4. The predicted molar refractivity (Wildman–Crippen MR) is 133 cm³/mol. The first kappa shape index (κ1) is 23.7. The molecule has 3 fully saturated rings. The van der Waals surface area contributed by atoms with Crippen molar-refractivity contribution in [3.05, 3.63) is 52.8 Å². The second kappa shape index (κ2) is 8.73. The van der Waals surface area contributed by atoms with Gasteiger partial charge in [0.25, 0.3) is 10.0 Å². The third-order valence-electron chi connectivity index (χ3n) is 8.58. The summed E-state index contributed by atoms with van der Waals surface area (Å²) in [7, 11) is -4.17. The number of piperidine rings is 1. The number of halogens is 1. The van der Waals surface area contributed by atoms with Crippen LogP contribution in [-0.2, 0) is 16.4 Å². The summed E-state index contributed by atoms with van der Waals surface area (Å²) in [6, 6.07) is 8.01. The van der Waals surface area contributed by atoms with Crippen LogP contribution in [0, 0.1) is 17.7 Å². The zero-order valence-corrected chi connectivity index (χ0v) is 21.1. The maximum absolute atomic E-state index is 14.3. The van der Waals surface area contributed by atoms with E-state index in [2.05, 4.69) is 16.5 Å². The average molecular weight is 515 g/mol. The number of aromatic carboxylic acids is 1. The summed E-state index contributed by atoms with van der Waals surface area (Å²) >= 11 is 0. The van der Waals surface area contributed by atoms with E-state index >= 15 is 0 Å². The lowest BCUT2D eigenvalue weighted by atomic mass is 9.86. The SMILES string of the molecule is CCN1[C@@H]2CC[C@H]1C[C@@H](Cc1cc(F)ccc1S(=O)(=O)Nc1ccc3c(c1C(=O)O)OC[C@@H]1C[C@H]31)C2. The molecular weight excluding hydrogens is 483 g/mol. The zero-order valence-electron chi connectivity index (χ0n) is 20.2. The molecule has 2 bridgehead atoms. The number of nitrogens with zero attached hydrogens (tertiary/aromatic N) is 1. The molecular formula is C27H31FN2O5S. The molecule has 0 aromatic heterocycles. The van der Waals surface area contributed by atoms with Gasteiger partial charge in [0.2, 0.25) is 0 Å². The lowest BCUT2D eigenvalue weighted by Crippen LogP contribution is -2.43. The van der Waals surface area contributed by atoms with Crippen molar-refractivity contribution in [3.8, 4) is 5.75 Å². The molecule has 0 spiro atoms. The Kier molecular flexibility index (Phi) is 5.75. The van der Waals surface area contributed by atoms with E-state index in [9.17, 15) is 22.7 Å². The minimum atomic E-state index is -4.17. The van der Waals surface area contributed by atoms with Crippen LogP contribution in [0.25, 0.3) is 0 Å². The Morgan fingerprint density at radius 2 is 1.92 bits per heavy atom. The minimum absolute atomic E-state index is 0.00796. The van der Waals surface area contributed by atoms with Gasteiger partial charge in [0.1, 0.15) is 17.1 Å². The highest BCUT2D eigenvalue weighted by Crippen LogP contribution is 2.55. The van der Waals surface area contributed by atoms with Gasteiger partial charge in [-0.25, -0.2) is 17.6 Å². The quantitative estimate of drug-likeness (QED) is 0.560. The molecule has 2 aromatic rings. The first-order valence-corrected chi connectivity index (χ1v) is 14.3. The summed E-state index contributed by atoms with van der Waals surface area (Å²) in [6.07, 6.45) is 5.69. The molecule has 1 saturated carbocycles. The van der Waals surface area contributed by atoms with E-state index in [-0.39, 0.29) is 33.7 Å². The minimum Gasteiger partial charge on any atom is -0.492 e. The van der Waals surface area contributed by atoms with Crippen LogP contribution in [0.2, 0.25) is 0 Å². The lowest BCUT2D eigenvalue weighted by molar-refractivity contribution is 0.0692. The number of anilines is 1. The van der Waals surface area contributed by atoms with E-state index in [1.165, 1.54) is 18.2 Å². The standard InChI is InChI=1S/C27H31FN2O5S/c1-2-30-19-4-5-20(30)11-15(10-19)9-16-12-18(28)3-8-24(16)36(33,34)29-23-7-6-21-22-13-17(22)14-35-26(21)25(23)27(31)32/h3,6-8,12,15,17,19-20,22,29H,2,4-5,9-11,13-14H2,1H3,(H,31,32)/t15-,17-,19+,20-,22-/m0/s1. The molecule has 1 aliphatic carbocycles. The largest absolute Gasteiger partial charge is 0.492 e. The van der Waals surface area contributed by atoms with Crippen molar-refractivity contribution in [2.24, 2.45) is 11.8 Å². The van der Waals surface area contributed by atoms with Crippen molar-refractivity contribution in [2.75, 3.05) is 17.9 Å². The molecule has 9 heteroatoms. The summed E-state index contributed by atoms with van der Waals surface area (Å²) in [6.45, 7) is 3.63. The Balaban J connectivity index is 1.30. The maximum Gasteiger partial charge on any atom is 0.341 e. The van der Waals surface area contributed by atoms with Gasteiger partial charge in [0.05, 0.1) is 17.2 Å². The fourth-order valence-electron chi connectivity index (χ4n) is 6.90. The normalized spacial score (nSPS) is 28.7. The molecule has 3 heterocycles. The fourth-order valence-corrected chi connectivity index (χ4v) is 8.20. The van der Waals surface area contributed by atoms with Crippen LogP contribution in [0.15, 0.2) is 35.2 Å². The number of carbonyl (C=O) groups is 1. The molecule has 3 aliphatic heterocycles. The van der Waals surface area contributed by atoms with Gasteiger partial charge in [0.15, 0.2) is 0 Å². The number of benzene rings is 2. The van der Waals surface area contributed by atoms with Crippen molar-refractivity contribution >= 4 is 21.7 Å². The molecule has 192 valence electrons. The number of fused-ring (bicyclic) bond motifs is 5. The highest BCUT2D eigenvalue weighted by atomic mass is 32.2. The summed E-state index contributed by atoms with van der Waals surface area (Å²) in [5, 5.41) is 9.93. The Bertz CT molecular complexity index is 1320. The van der Waals surface area contributed by atoms with E-state index in [0.717, 1.165) is 50.3 Å². The van der Waals surface area contributed by atoms with Gasteiger partial charge in [-0.3, -0.25) is 9.62 Å². The Morgan fingerprint density at radius 3 is 2.61 bits per heavy atom. The summed E-state index contributed by atoms with van der Waals surface area (Å²) in [4.78, 5) is 14.7. The smallest absolute Gasteiger partial charge is 0.341 e. The van der Waals surface area contributed by atoms with Crippen molar-refractivity contribution in [1.82, 2.24) is 4.90 Å². The van der Waals surface area contributed by atoms with E-state index < -0.39 is 21.8 Å². The van der Waals surface area contributed by atoms with Gasteiger partial charge >= 0.3 is 5.97 Å². The van der Waals surface area contributed by atoms with Crippen molar-refractivity contribution < 1.29 is 27.4 Å². The highest BCUT2D eigenvalue weighted by Gasteiger charge is 2.45. The molecule has 5 atom stereocenters. The van der Waals surface area contributed by atoms with Crippen LogP contribution in [0.5, 0.6) is 5.75 Å². The first-order valence-electron chi connectivity index (χ1n) is 12.8. The van der Waals surface area contributed by atoms with Crippen molar-refractivity contribution in [1.29, 1.82) is 0 Å². The van der Waals surface area contributed by atoms with Crippen LogP contribution in [-0.4, -0.2) is 49.6 Å². The molecule has 0 unspecified atom stereocenters. The van der Waals surface area contributed by atoms with Crippen molar-refractivity contribution in [2.45, 2.75) is 68.3 Å². The number of nitrogens with one attached hydrogen (secondary N) is 1. The van der Waals surface area contributed by atoms with Crippen LogP contribution >= 0.6 is 0 Å². The van der Waals surface area contributed by atoms with Gasteiger partial charge in [-0.15, -0.1) is 0 Å². The lowest BCUT2D eigenvalue weighted by Gasteiger charge is -2.38. The number of sulfonamides is 1. The predicted octanol–water partition coefficient (Wildman–Crippen LogP) is 4.63. The third-order valence-corrected chi connectivity index (χ3v) is 10.0. The highest BCUT2D eigenvalue weighted by molar-refractivity contribution is 7.92. The summed E-state index contributed by atoms with van der Waals surface area (Å²) < 4.78 is 49.6. The van der Waals surface area contributed by atoms with E-state index in [1.54, 1.807) is 6.07 Å². The molecule has 6 rings (SSSR count). The van der Waals surface area contributed by atoms with Gasteiger partial charge in [0, 0.05) is 18.0 Å². The monoisotopic (exact) mass is 514 g/mol.